The zero-order chi connectivity index (χ0) is 31.5. The Kier molecular flexibility index (Phi) is 8.91. The number of hydrogen-bond donors (Lipinski definition) is 2. The van der Waals surface area contributed by atoms with Crippen LogP contribution in [0, 0.1) is 0 Å². The molecule has 0 unspecified atom stereocenters. The van der Waals surface area contributed by atoms with Crippen molar-refractivity contribution >= 4 is 40.2 Å². The van der Waals surface area contributed by atoms with Gasteiger partial charge in [-0.3, -0.25) is 19.1 Å². The van der Waals surface area contributed by atoms with Gasteiger partial charge in [0.1, 0.15) is 11.3 Å². The Morgan fingerprint density at radius 3 is 2.38 bits per heavy atom. The Labute approximate surface area is 267 Å². The van der Waals surface area contributed by atoms with Gasteiger partial charge in [0.2, 0.25) is 5.95 Å². The molecule has 1 saturated heterocycles. The number of aromatic nitrogens is 4. The van der Waals surface area contributed by atoms with Crippen molar-refractivity contribution < 1.29 is 4.79 Å². The molecule has 2 N–H and O–H groups in total. The van der Waals surface area contributed by atoms with E-state index in [2.05, 4.69) is 56.7 Å². The average Bonchev–Trinajstić information content (AvgIpc) is 3.08. The summed E-state index contributed by atoms with van der Waals surface area (Å²) in [6, 6.07) is 19.3. The van der Waals surface area contributed by atoms with Gasteiger partial charge in [0.15, 0.2) is 0 Å². The second-order valence-corrected chi connectivity index (χ2v) is 11.6. The molecule has 230 valence electrons. The summed E-state index contributed by atoms with van der Waals surface area (Å²) in [5.41, 5.74) is 5.61. The Hall–Kier alpha value is -4.60. The largest absolute Gasteiger partial charge is 0.354 e. The maximum Gasteiger partial charge on any atom is 0.269 e. The van der Waals surface area contributed by atoms with Crippen molar-refractivity contribution in [3.05, 3.63) is 99.7 Å². The number of halogens is 1. The van der Waals surface area contributed by atoms with Gasteiger partial charge >= 0.3 is 0 Å². The van der Waals surface area contributed by atoms with Crippen LogP contribution in [0.25, 0.3) is 33.3 Å². The summed E-state index contributed by atoms with van der Waals surface area (Å²) in [4.78, 5) is 41.7. The molecule has 1 aliphatic rings. The minimum absolute atomic E-state index is 0.186. The van der Waals surface area contributed by atoms with Gasteiger partial charge in [0.25, 0.3) is 11.5 Å². The van der Waals surface area contributed by atoms with Gasteiger partial charge in [-0.2, -0.15) is 4.98 Å². The van der Waals surface area contributed by atoms with Gasteiger partial charge in [-0.15, -0.1) is 0 Å². The lowest BCUT2D eigenvalue weighted by Crippen LogP contribution is -2.32. The predicted molar refractivity (Wildman–Crippen MR) is 180 cm³/mol. The molecule has 0 radical (unpaired) electrons. The maximum atomic E-state index is 13.7. The molecule has 2 aromatic carbocycles. The van der Waals surface area contributed by atoms with Crippen LogP contribution >= 0.6 is 11.6 Å². The number of carbonyl (C=O) groups excluding carboxylic acids is 1. The summed E-state index contributed by atoms with van der Waals surface area (Å²) in [7, 11) is 1.56. The Bertz CT molecular complexity index is 1910. The molecule has 10 heteroatoms. The van der Waals surface area contributed by atoms with Gasteiger partial charge in [-0.25, -0.2) is 4.98 Å². The molecule has 1 aliphatic heterocycles. The molecule has 0 bridgehead atoms. The maximum absolute atomic E-state index is 13.7. The van der Waals surface area contributed by atoms with Crippen LogP contribution < -0.4 is 16.2 Å². The van der Waals surface area contributed by atoms with E-state index in [0.29, 0.717) is 45.9 Å². The molecule has 1 fully saturated rings. The molecule has 6 rings (SSSR count). The molecular formula is C35H36ClN7O2. The van der Waals surface area contributed by atoms with Gasteiger partial charge in [-0.05, 0) is 98.4 Å². The predicted octanol–water partition coefficient (Wildman–Crippen LogP) is 6.50. The summed E-state index contributed by atoms with van der Waals surface area (Å²) < 4.78 is 1.64. The fourth-order valence-corrected chi connectivity index (χ4v) is 6.31. The van der Waals surface area contributed by atoms with E-state index in [1.807, 2.05) is 25.1 Å². The Morgan fingerprint density at radius 2 is 1.69 bits per heavy atom. The lowest BCUT2D eigenvalue weighted by molar-refractivity contribution is 0.0958. The zero-order valence-electron chi connectivity index (χ0n) is 25.7. The van der Waals surface area contributed by atoms with Crippen molar-refractivity contribution in [2.75, 3.05) is 32.0 Å². The topological polar surface area (TPSA) is 105 Å². The number of rotatable bonds is 8. The highest BCUT2D eigenvalue weighted by molar-refractivity contribution is 6.33. The molecule has 45 heavy (non-hydrogen) atoms. The van der Waals surface area contributed by atoms with E-state index in [9.17, 15) is 9.59 Å². The quantitative estimate of drug-likeness (QED) is 0.204. The number of aryl methyl sites for hydroxylation is 1. The van der Waals surface area contributed by atoms with Crippen LogP contribution in [0.1, 0.15) is 48.7 Å². The third kappa shape index (κ3) is 6.32. The van der Waals surface area contributed by atoms with E-state index in [1.165, 1.54) is 18.4 Å². The fourth-order valence-electron chi connectivity index (χ4n) is 6.03. The van der Waals surface area contributed by atoms with Gasteiger partial charge in [0.05, 0.1) is 0 Å². The van der Waals surface area contributed by atoms with Crippen molar-refractivity contribution in [2.45, 2.75) is 39.2 Å². The summed E-state index contributed by atoms with van der Waals surface area (Å²) in [6.45, 7) is 7.99. The molecule has 1 amide bonds. The zero-order valence-corrected chi connectivity index (χ0v) is 26.4. The SMILES string of the molecule is CCN1CCC(c2ccc(Nc3ncc4cc(-c5ccc(-c6ccnc(C(=O)NC)c6)cc5Cl)c(=O)n(CC)c4n3)cc2)CC1. The van der Waals surface area contributed by atoms with Crippen molar-refractivity contribution in [1.82, 2.24) is 29.7 Å². The number of likely N-dealkylation sites (tertiary alicyclic amines) is 1. The summed E-state index contributed by atoms with van der Waals surface area (Å²) in [5.74, 6) is 0.749. The number of carbonyl (C=O) groups is 1. The van der Waals surface area contributed by atoms with Crippen LogP contribution in [0.5, 0.6) is 0 Å². The molecule has 0 aliphatic carbocycles. The van der Waals surface area contributed by atoms with Crippen molar-refractivity contribution in [3.8, 4) is 22.3 Å². The van der Waals surface area contributed by atoms with Gasteiger partial charge in [-0.1, -0.05) is 42.8 Å². The minimum Gasteiger partial charge on any atom is -0.354 e. The number of fused-ring (bicyclic) bond motifs is 1. The molecule has 0 atom stereocenters. The lowest BCUT2D eigenvalue weighted by atomic mass is 9.89. The number of nitrogens with zero attached hydrogens (tertiary/aromatic N) is 5. The van der Waals surface area contributed by atoms with Crippen LogP contribution in [0.15, 0.2) is 77.9 Å². The highest BCUT2D eigenvalue weighted by atomic mass is 35.5. The summed E-state index contributed by atoms with van der Waals surface area (Å²) >= 11 is 6.76. The fraction of sp³-hybridized carbons (Fsp3) is 0.286. The van der Waals surface area contributed by atoms with Crippen LogP contribution in [0.2, 0.25) is 5.02 Å². The lowest BCUT2D eigenvalue weighted by Gasteiger charge is -2.31. The first-order valence-electron chi connectivity index (χ1n) is 15.4. The van der Waals surface area contributed by atoms with E-state index in [-0.39, 0.29) is 11.5 Å². The smallest absolute Gasteiger partial charge is 0.269 e. The Balaban J connectivity index is 1.26. The third-order valence-corrected chi connectivity index (χ3v) is 8.94. The van der Waals surface area contributed by atoms with E-state index < -0.39 is 0 Å². The van der Waals surface area contributed by atoms with Crippen molar-refractivity contribution in [1.29, 1.82) is 0 Å². The molecule has 4 heterocycles. The first-order valence-corrected chi connectivity index (χ1v) is 15.7. The number of amides is 1. The molecule has 0 saturated carbocycles. The monoisotopic (exact) mass is 621 g/mol. The normalized spacial score (nSPS) is 14.0. The van der Waals surface area contributed by atoms with Crippen molar-refractivity contribution in [3.63, 3.8) is 0 Å². The summed E-state index contributed by atoms with van der Waals surface area (Å²) in [6.07, 6.45) is 5.69. The number of anilines is 2. The number of nitrogens with one attached hydrogen (secondary N) is 2. The van der Waals surface area contributed by atoms with Gasteiger partial charge in [0, 0.05) is 53.2 Å². The van der Waals surface area contributed by atoms with Crippen LogP contribution in [-0.2, 0) is 6.54 Å². The third-order valence-electron chi connectivity index (χ3n) is 8.63. The van der Waals surface area contributed by atoms with E-state index in [0.717, 1.165) is 41.8 Å². The molecule has 3 aromatic heterocycles. The first kappa shape index (κ1) is 30.4. The molecular weight excluding hydrogens is 586 g/mol. The first-order chi connectivity index (χ1) is 21.9. The standard InChI is InChI=1S/C35H36ClN7O2/c1-4-42-16-13-23(14-17-42)22-6-9-27(10-7-22)40-35-39-21-26-18-29(34(45)43(5-2)32(26)41-35)28-11-8-24(19-30(28)36)25-12-15-38-31(20-25)33(44)37-3/h6-12,15,18-21,23H,4-5,13-14,16-17H2,1-3H3,(H,37,44)(H,39,40,41). The molecule has 0 spiro atoms. The van der Waals surface area contributed by atoms with E-state index in [1.54, 1.807) is 42.2 Å². The number of hydrogen-bond acceptors (Lipinski definition) is 7. The number of benzene rings is 2. The summed E-state index contributed by atoms with van der Waals surface area (Å²) in [5, 5.41) is 7.04. The average molecular weight is 622 g/mol. The van der Waals surface area contributed by atoms with E-state index in [4.69, 9.17) is 16.6 Å². The number of pyridine rings is 2. The highest BCUT2D eigenvalue weighted by Crippen LogP contribution is 2.33. The second-order valence-electron chi connectivity index (χ2n) is 11.2. The van der Waals surface area contributed by atoms with Crippen LogP contribution in [-0.4, -0.2) is 57.0 Å². The van der Waals surface area contributed by atoms with Gasteiger partial charge < -0.3 is 15.5 Å². The molecule has 9 nitrogen and oxygen atoms in total. The van der Waals surface area contributed by atoms with Crippen molar-refractivity contribution in [2.24, 2.45) is 0 Å². The van der Waals surface area contributed by atoms with Crippen LogP contribution in [0.3, 0.4) is 0 Å². The minimum atomic E-state index is -0.271. The number of piperidine rings is 1. The highest BCUT2D eigenvalue weighted by Gasteiger charge is 2.20. The molecule has 5 aromatic rings. The van der Waals surface area contributed by atoms with E-state index >= 15 is 0 Å². The Morgan fingerprint density at radius 1 is 0.933 bits per heavy atom. The van der Waals surface area contributed by atoms with Crippen LogP contribution in [0.4, 0.5) is 11.6 Å². The second kappa shape index (κ2) is 13.2.